The van der Waals surface area contributed by atoms with E-state index in [1.165, 1.54) is 4.90 Å². The summed E-state index contributed by atoms with van der Waals surface area (Å²) in [4.78, 5) is 28.5. The fraction of sp³-hybridized carbons (Fsp3) is 0.500. The van der Waals surface area contributed by atoms with Gasteiger partial charge in [0.05, 0.1) is 18.2 Å². The largest absolute Gasteiger partial charge is 0.292 e. The molecule has 1 atom stereocenters. The van der Waals surface area contributed by atoms with Crippen molar-refractivity contribution in [2.75, 3.05) is 18.0 Å². The molecule has 0 aromatic heterocycles. The molecule has 0 saturated carbocycles. The molecule has 4 nitrogen and oxygen atoms in total. The zero-order valence-electron chi connectivity index (χ0n) is 12.1. The minimum absolute atomic E-state index is 0.0595. The number of anilines is 1. The highest BCUT2D eigenvalue weighted by molar-refractivity contribution is 14.1. The van der Waals surface area contributed by atoms with E-state index in [1.807, 2.05) is 24.3 Å². The Morgan fingerprint density at radius 2 is 1.71 bits per heavy atom. The lowest BCUT2D eigenvalue weighted by Gasteiger charge is -2.33. The van der Waals surface area contributed by atoms with E-state index in [0.29, 0.717) is 12.1 Å². The Kier molecular flexibility index (Phi) is 4.31. The number of carbonyl (C=O) groups excluding carboxylic acids is 2. The highest BCUT2D eigenvalue weighted by Crippen LogP contribution is 2.28. The zero-order chi connectivity index (χ0) is 15.0. The lowest BCUT2D eigenvalue weighted by atomic mass is 9.97. The van der Waals surface area contributed by atoms with Gasteiger partial charge in [-0.25, -0.2) is 4.90 Å². The van der Waals surface area contributed by atoms with Crippen molar-refractivity contribution in [3.05, 3.63) is 27.8 Å². The normalized spacial score (nSPS) is 24.9. The van der Waals surface area contributed by atoms with Gasteiger partial charge in [0.15, 0.2) is 0 Å². The summed E-state index contributed by atoms with van der Waals surface area (Å²) in [6.45, 7) is 4.09. The summed E-state index contributed by atoms with van der Waals surface area (Å²) in [5.41, 5.74) is 0.693. The van der Waals surface area contributed by atoms with Crippen LogP contribution in [0.3, 0.4) is 0 Å². The number of likely N-dealkylation sites (tertiary alicyclic amines) is 1. The van der Waals surface area contributed by atoms with Crippen molar-refractivity contribution in [2.45, 2.75) is 32.2 Å². The number of hydrogen-bond acceptors (Lipinski definition) is 3. The molecule has 0 unspecified atom stereocenters. The monoisotopic (exact) mass is 398 g/mol. The minimum atomic E-state index is -0.260. The maximum absolute atomic E-state index is 12.6. The molecule has 1 aromatic rings. The van der Waals surface area contributed by atoms with Crippen molar-refractivity contribution in [1.82, 2.24) is 4.90 Å². The second kappa shape index (κ2) is 6.04. The number of benzene rings is 1. The molecule has 0 N–H and O–H groups in total. The van der Waals surface area contributed by atoms with Gasteiger partial charge in [-0.2, -0.15) is 0 Å². The quantitative estimate of drug-likeness (QED) is 0.568. The Balaban J connectivity index is 1.77. The van der Waals surface area contributed by atoms with E-state index < -0.39 is 0 Å². The zero-order valence-corrected chi connectivity index (χ0v) is 14.2. The average Bonchev–Trinajstić information content (AvgIpc) is 2.76. The first-order valence-corrected chi connectivity index (χ1v) is 8.50. The summed E-state index contributed by atoms with van der Waals surface area (Å²) in [5.74, 6) is 0.585. The van der Waals surface area contributed by atoms with Crippen LogP contribution in [0.25, 0.3) is 0 Å². The Morgan fingerprint density at radius 3 is 2.33 bits per heavy atom. The van der Waals surface area contributed by atoms with Crippen LogP contribution in [0, 0.1) is 9.49 Å². The van der Waals surface area contributed by atoms with E-state index in [2.05, 4.69) is 34.4 Å². The van der Waals surface area contributed by atoms with Gasteiger partial charge >= 0.3 is 0 Å². The summed E-state index contributed by atoms with van der Waals surface area (Å²) in [6, 6.07) is 7.28. The van der Waals surface area contributed by atoms with Gasteiger partial charge < -0.3 is 0 Å². The van der Waals surface area contributed by atoms with Gasteiger partial charge in [0, 0.05) is 3.57 Å². The van der Waals surface area contributed by atoms with Crippen LogP contribution in [0.4, 0.5) is 5.69 Å². The SMILES string of the molecule is CC1CCN([C@H]2CC(=O)N(c3ccc(I)cc3)C2=O)CC1. The molecule has 2 aliphatic heterocycles. The predicted molar refractivity (Wildman–Crippen MR) is 90.0 cm³/mol. The number of imide groups is 1. The van der Waals surface area contributed by atoms with Crippen molar-refractivity contribution in [2.24, 2.45) is 5.92 Å². The molecule has 2 fully saturated rings. The topological polar surface area (TPSA) is 40.6 Å². The van der Waals surface area contributed by atoms with Gasteiger partial charge in [0.25, 0.3) is 5.91 Å². The smallest absolute Gasteiger partial charge is 0.251 e. The highest BCUT2D eigenvalue weighted by Gasteiger charge is 2.43. The Bertz CT molecular complexity index is 550. The lowest BCUT2D eigenvalue weighted by Crippen LogP contribution is -2.45. The summed E-state index contributed by atoms with van der Waals surface area (Å²) >= 11 is 2.21. The van der Waals surface area contributed by atoms with Crippen LogP contribution >= 0.6 is 22.6 Å². The maximum Gasteiger partial charge on any atom is 0.251 e. The van der Waals surface area contributed by atoms with Gasteiger partial charge in [0.1, 0.15) is 0 Å². The molecule has 1 aromatic carbocycles. The fourth-order valence-corrected chi connectivity index (χ4v) is 3.46. The minimum Gasteiger partial charge on any atom is -0.292 e. The number of hydrogen-bond donors (Lipinski definition) is 0. The molecule has 0 spiro atoms. The molecule has 5 heteroatoms. The molecule has 112 valence electrons. The third-order valence-electron chi connectivity index (χ3n) is 4.47. The first-order chi connectivity index (χ1) is 10.1. The molecule has 2 saturated heterocycles. The van der Waals surface area contributed by atoms with Crippen LogP contribution in [-0.4, -0.2) is 35.8 Å². The summed E-state index contributed by atoms with van der Waals surface area (Å²) in [6.07, 6.45) is 2.54. The third kappa shape index (κ3) is 2.99. The van der Waals surface area contributed by atoms with Gasteiger partial charge in [-0.3, -0.25) is 14.5 Å². The average molecular weight is 398 g/mol. The van der Waals surface area contributed by atoms with Crippen molar-refractivity contribution in [3.8, 4) is 0 Å². The second-order valence-electron chi connectivity index (χ2n) is 5.98. The van der Waals surface area contributed by atoms with E-state index >= 15 is 0 Å². The molecule has 21 heavy (non-hydrogen) atoms. The van der Waals surface area contributed by atoms with Crippen molar-refractivity contribution in [1.29, 1.82) is 0 Å². The molecule has 3 rings (SSSR count). The molecular weight excluding hydrogens is 379 g/mol. The first kappa shape index (κ1) is 15.0. The molecule has 2 aliphatic rings. The van der Waals surface area contributed by atoms with Crippen LogP contribution in [0.2, 0.25) is 0 Å². The maximum atomic E-state index is 12.6. The Morgan fingerprint density at radius 1 is 1.10 bits per heavy atom. The third-order valence-corrected chi connectivity index (χ3v) is 5.19. The van der Waals surface area contributed by atoms with Gasteiger partial charge in [-0.15, -0.1) is 0 Å². The first-order valence-electron chi connectivity index (χ1n) is 7.42. The van der Waals surface area contributed by atoms with E-state index in [9.17, 15) is 9.59 Å². The fourth-order valence-electron chi connectivity index (χ4n) is 3.10. The standard InChI is InChI=1S/C16H19IN2O2/c1-11-6-8-18(9-7-11)14-10-15(20)19(16(14)21)13-4-2-12(17)3-5-13/h2-5,11,14H,6-10H2,1H3/t14-/m0/s1. The Labute approximate surface area is 138 Å². The predicted octanol–water partition coefficient (Wildman–Crippen LogP) is 2.66. The molecule has 2 heterocycles. The van der Waals surface area contributed by atoms with Crippen molar-refractivity contribution < 1.29 is 9.59 Å². The van der Waals surface area contributed by atoms with Gasteiger partial charge in [-0.1, -0.05) is 6.92 Å². The number of halogens is 1. The van der Waals surface area contributed by atoms with Crippen LogP contribution in [0.1, 0.15) is 26.2 Å². The highest BCUT2D eigenvalue weighted by atomic mass is 127. The molecule has 0 bridgehead atoms. The van der Waals surface area contributed by atoms with Gasteiger partial charge in [0.2, 0.25) is 5.91 Å². The van der Waals surface area contributed by atoms with Crippen LogP contribution in [0.5, 0.6) is 0 Å². The van der Waals surface area contributed by atoms with Crippen LogP contribution < -0.4 is 4.90 Å². The molecule has 0 radical (unpaired) electrons. The summed E-state index contributed by atoms with van der Waals surface area (Å²) in [7, 11) is 0. The van der Waals surface area contributed by atoms with Crippen molar-refractivity contribution >= 4 is 40.1 Å². The number of nitrogens with zero attached hydrogens (tertiary/aromatic N) is 2. The summed E-state index contributed by atoms with van der Waals surface area (Å²) in [5, 5.41) is 0. The molecular formula is C16H19IN2O2. The number of rotatable bonds is 2. The number of carbonyl (C=O) groups is 2. The van der Waals surface area contributed by atoms with Gasteiger partial charge in [-0.05, 0) is 78.7 Å². The summed E-state index contributed by atoms with van der Waals surface area (Å²) < 4.78 is 1.09. The van der Waals surface area contributed by atoms with E-state index in [-0.39, 0.29) is 17.9 Å². The lowest BCUT2D eigenvalue weighted by molar-refractivity contribution is -0.123. The van der Waals surface area contributed by atoms with E-state index in [4.69, 9.17) is 0 Å². The van der Waals surface area contributed by atoms with Crippen LogP contribution in [-0.2, 0) is 9.59 Å². The van der Waals surface area contributed by atoms with E-state index in [1.54, 1.807) is 0 Å². The Hall–Kier alpha value is -0.950. The van der Waals surface area contributed by atoms with Crippen molar-refractivity contribution in [3.63, 3.8) is 0 Å². The number of amides is 2. The second-order valence-corrected chi connectivity index (χ2v) is 7.23. The van der Waals surface area contributed by atoms with E-state index in [0.717, 1.165) is 35.4 Å². The number of piperidine rings is 1. The van der Waals surface area contributed by atoms with Crippen LogP contribution in [0.15, 0.2) is 24.3 Å². The molecule has 2 amide bonds. The molecule has 0 aliphatic carbocycles.